The molecule has 1 N–H and O–H groups in total. The van der Waals surface area contributed by atoms with E-state index in [4.69, 9.17) is 23.2 Å². The van der Waals surface area contributed by atoms with E-state index in [1.807, 2.05) is 24.3 Å². The number of nitrogens with one attached hydrogen (secondary N) is 1. The molecule has 0 bridgehead atoms. The lowest BCUT2D eigenvalue weighted by Gasteiger charge is -2.31. The van der Waals surface area contributed by atoms with E-state index in [0.29, 0.717) is 20.6 Å². The van der Waals surface area contributed by atoms with E-state index >= 15 is 0 Å². The van der Waals surface area contributed by atoms with Crippen LogP contribution in [-0.2, 0) is 20.9 Å². The average Bonchev–Trinajstić information content (AvgIpc) is 3.46. The molecular weight excluding hydrogens is 658 g/mol. The van der Waals surface area contributed by atoms with Crippen LogP contribution in [0.4, 0.5) is 21.5 Å². The summed E-state index contributed by atoms with van der Waals surface area (Å²) in [6.07, 6.45) is 0. The van der Waals surface area contributed by atoms with E-state index in [9.17, 15) is 23.6 Å². The quantitative estimate of drug-likeness (QED) is 0.209. The van der Waals surface area contributed by atoms with Gasteiger partial charge in [0.25, 0.3) is 0 Å². The van der Waals surface area contributed by atoms with Gasteiger partial charge in [-0.1, -0.05) is 58.4 Å². The molecule has 3 amide bonds. The van der Waals surface area contributed by atoms with Crippen LogP contribution in [0.2, 0.25) is 10.0 Å². The molecule has 1 saturated heterocycles. The Labute approximate surface area is 276 Å². The van der Waals surface area contributed by atoms with Crippen molar-refractivity contribution in [3.8, 4) is 0 Å². The Kier molecular flexibility index (Phi) is 8.80. The molecule has 0 saturated carbocycles. The highest BCUT2D eigenvalue weighted by atomic mass is 35.5. The van der Waals surface area contributed by atoms with Gasteiger partial charge in [0.15, 0.2) is 0 Å². The van der Waals surface area contributed by atoms with Crippen LogP contribution in [0, 0.1) is 11.7 Å². The fourth-order valence-corrected chi connectivity index (χ4v) is 8.93. The highest BCUT2D eigenvalue weighted by Crippen LogP contribution is 2.54. The molecule has 13 heteroatoms. The minimum atomic E-state index is -0.860. The Hall–Kier alpha value is -3.64. The van der Waals surface area contributed by atoms with Gasteiger partial charge in [0.1, 0.15) is 17.6 Å². The molecule has 2 aliphatic rings. The fourth-order valence-electron chi connectivity index (χ4n) is 5.86. The number of thiazole rings is 1. The van der Waals surface area contributed by atoms with Gasteiger partial charge in [-0.05, 0) is 74.0 Å². The zero-order chi connectivity index (χ0) is 32.0. The van der Waals surface area contributed by atoms with Crippen LogP contribution in [0.1, 0.15) is 30.2 Å². The summed E-state index contributed by atoms with van der Waals surface area (Å²) in [5, 5.41) is 2.95. The van der Waals surface area contributed by atoms with Crippen LogP contribution in [0.3, 0.4) is 0 Å². The largest absolute Gasteiger partial charge is 0.372 e. The Morgan fingerprint density at radius 3 is 2.27 bits per heavy atom. The number of imide groups is 1. The lowest BCUT2D eigenvalue weighted by Crippen LogP contribution is -2.33. The third kappa shape index (κ3) is 5.78. The van der Waals surface area contributed by atoms with Gasteiger partial charge in [-0.15, -0.1) is 0 Å². The summed E-state index contributed by atoms with van der Waals surface area (Å²) in [6.45, 7) is 5.46. The van der Waals surface area contributed by atoms with Crippen LogP contribution < -0.4 is 20.0 Å². The van der Waals surface area contributed by atoms with Crippen LogP contribution in [0.5, 0.6) is 0 Å². The normalized spacial score (nSPS) is 19.0. The van der Waals surface area contributed by atoms with Crippen molar-refractivity contribution in [2.75, 3.05) is 28.2 Å². The lowest BCUT2D eigenvalue weighted by molar-refractivity contribution is -0.122. The molecular formula is C32H27Cl2FN4O4S2. The molecule has 2 unspecified atom stereocenters. The third-order valence-corrected chi connectivity index (χ3v) is 11.4. The highest BCUT2D eigenvalue weighted by molar-refractivity contribution is 8.00. The highest BCUT2D eigenvalue weighted by Gasteiger charge is 2.56. The van der Waals surface area contributed by atoms with Crippen molar-refractivity contribution < 1.29 is 18.8 Å². The second kappa shape index (κ2) is 12.6. The number of carbonyl (C=O) groups is 3. The number of hydrogen-bond acceptors (Lipinski definition) is 7. The van der Waals surface area contributed by atoms with Crippen molar-refractivity contribution in [1.82, 2.24) is 4.57 Å². The van der Waals surface area contributed by atoms with Gasteiger partial charge in [0, 0.05) is 35.3 Å². The summed E-state index contributed by atoms with van der Waals surface area (Å²) < 4.78 is 15.1. The number of carbonyl (C=O) groups excluding carboxylic acids is 3. The summed E-state index contributed by atoms with van der Waals surface area (Å²) in [4.78, 5) is 58.0. The Balaban J connectivity index is 1.40. The van der Waals surface area contributed by atoms with Crippen molar-refractivity contribution in [2.45, 2.75) is 36.6 Å². The third-order valence-electron chi connectivity index (χ3n) is 8.02. The SMILES string of the molecule is CCN(CC)c1ccc([C@H]2c3sc(=O)n(CC(=O)Nc4ccc(Cl)c(Cl)c4)c3SC3C(=O)N(c4ccc(F)cc4)C(=O)C32)cc1. The lowest BCUT2D eigenvalue weighted by atomic mass is 9.83. The van der Waals surface area contributed by atoms with E-state index in [0.717, 1.165) is 52.3 Å². The molecule has 232 valence electrons. The summed E-state index contributed by atoms with van der Waals surface area (Å²) in [6, 6.07) is 17.7. The first-order chi connectivity index (χ1) is 21.6. The topological polar surface area (TPSA) is 91.7 Å². The number of benzene rings is 3. The van der Waals surface area contributed by atoms with E-state index < -0.39 is 40.6 Å². The van der Waals surface area contributed by atoms with E-state index in [-0.39, 0.29) is 22.1 Å². The van der Waals surface area contributed by atoms with Crippen LogP contribution >= 0.6 is 46.3 Å². The maximum atomic E-state index is 14.0. The van der Waals surface area contributed by atoms with E-state index in [1.54, 1.807) is 12.1 Å². The molecule has 4 aromatic rings. The first-order valence-corrected chi connectivity index (χ1v) is 16.7. The molecule has 45 heavy (non-hydrogen) atoms. The van der Waals surface area contributed by atoms with Crippen molar-refractivity contribution in [3.05, 3.63) is 103 Å². The number of halogens is 3. The Morgan fingerprint density at radius 1 is 0.933 bits per heavy atom. The van der Waals surface area contributed by atoms with Crippen LogP contribution in [0.25, 0.3) is 0 Å². The van der Waals surface area contributed by atoms with Crippen molar-refractivity contribution in [3.63, 3.8) is 0 Å². The zero-order valence-corrected chi connectivity index (χ0v) is 27.3. The maximum absolute atomic E-state index is 14.0. The molecule has 0 radical (unpaired) electrons. The molecule has 3 atom stereocenters. The first kappa shape index (κ1) is 31.3. The van der Waals surface area contributed by atoms with Gasteiger partial charge in [0.2, 0.25) is 17.7 Å². The summed E-state index contributed by atoms with van der Waals surface area (Å²) in [5.41, 5.74) is 2.48. The van der Waals surface area contributed by atoms with Crippen molar-refractivity contribution in [1.29, 1.82) is 0 Å². The van der Waals surface area contributed by atoms with Crippen molar-refractivity contribution >= 4 is 81.1 Å². The number of rotatable bonds is 8. The van der Waals surface area contributed by atoms with Crippen LogP contribution in [0.15, 0.2) is 76.6 Å². The number of fused-ring (bicyclic) bond motifs is 2. The number of aromatic nitrogens is 1. The van der Waals surface area contributed by atoms with Crippen molar-refractivity contribution in [2.24, 2.45) is 5.92 Å². The average molecular weight is 686 g/mol. The fraction of sp³-hybridized carbons (Fsp3) is 0.250. The molecule has 6 rings (SSSR count). The molecule has 0 spiro atoms. The first-order valence-electron chi connectivity index (χ1n) is 14.2. The molecule has 1 aromatic heterocycles. The predicted octanol–water partition coefficient (Wildman–Crippen LogP) is 6.64. The number of amides is 3. The molecule has 1 fully saturated rings. The summed E-state index contributed by atoms with van der Waals surface area (Å²) >= 11 is 14.2. The summed E-state index contributed by atoms with van der Waals surface area (Å²) in [5.74, 6) is -3.26. The number of nitrogens with zero attached hydrogens (tertiary/aromatic N) is 3. The molecule has 2 aliphatic heterocycles. The zero-order valence-electron chi connectivity index (χ0n) is 24.1. The van der Waals surface area contributed by atoms with Gasteiger partial charge in [-0.2, -0.15) is 0 Å². The Bertz CT molecular complexity index is 1860. The van der Waals surface area contributed by atoms with Gasteiger partial charge in [-0.3, -0.25) is 23.7 Å². The van der Waals surface area contributed by atoms with Gasteiger partial charge in [0.05, 0.1) is 26.7 Å². The second-order valence-electron chi connectivity index (χ2n) is 10.6. The summed E-state index contributed by atoms with van der Waals surface area (Å²) in [7, 11) is 0. The molecule has 3 heterocycles. The number of anilines is 3. The number of hydrogen-bond donors (Lipinski definition) is 1. The molecule has 8 nitrogen and oxygen atoms in total. The smallest absolute Gasteiger partial charge is 0.308 e. The molecule has 0 aliphatic carbocycles. The standard InChI is InChI=1S/C32H27Cl2FN4O4S2/c1-3-37(4-2)20-10-5-17(6-11-20)25-26-27(30(42)39(29(26)41)21-12-7-18(35)8-13-21)44-31-28(25)45-32(43)38(31)16-24(40)36-19-9-14-22(33)23(34)15-19/h5-15,25-27H,3-4,16H2,1-2H3,(H,36,40)/t25-,26?,27?/m1/s1. The Morgan fingerprint density at radius 2 is 1.62 bits per heavy atom. The number of thioether (sulfide) groups is 1. The monoisotopic (exact) mass is 684 g/mol. The second-order valence-corrected chi connectivity index (χ2v) is 13.5. The predicted molar refractivity (Wildman–Crippen MR) is 178 cm³/mol. The van der Waals surface area contributed by atoms with E-state index in [2.05, 4.69) is 24.1 Å². The molecule has 3 aromatic carbocycles. The van der Waals surface area contributed by atoms with Gasteiger partial charge in [-0.25, -0.2) is 9.29 Å². The minimum Gasteiger partial charge on any atom is -0.372 e. The maximum Gasteiger partial charge on any atom is 0.308 e. The van der Waals surface area contributed by atoms with E-state index in [1.165, 1.54) is 34.9 Å². The minimum absolute atomic E-state index is 0.270. The van der Waals surface area contributed by atoms with Gasteiger partial charge < -0.3 is 10.2 Å². The van der Waals surface area contributed by atoms with Gasteiger partial charge >= 0.3 is 4.87 Å². The van der Waals surface area contributed by atoms with Crippen LogP contribution in [-0.4, -0.2) is 40.6 Å².